The number of para-hydroxylation sites is 1. The normalized spacial score (nSPS) is 10.9. The van der Waals surface area contributed by atoms with Crippen molar-refractivity contribution in [3.63, 3.8) is 0 Å². The van der Waals surface area contributed by atoms with Gasteiger partial charge in [0, 0.05) is 0 Å². The first kappa shape index (κ1) is 23.2. The minimum atomic E-state index is -0.520. The molecule has 174 valence electrons. The molecule has 0 fully saturated rings. The summed E-state index contributed by atoms with van der Waals surface area (Å²) in [5.41, 5.74) is 1.28. The van der Waals surface area contributed by atoms with Crippen molar-refractivity contribution in [1.29, 1.82) is 0 Å². The van der Waals surface area contributed by atoms with Crippen LogP contribution in [0.1, 0.15) is 27.9 Å². The second-order valence-corrected chi connectivity index (χ2v) is 8.41. The minimum absolute atomic E-state index is 0.0735. The van der Waals surface area contributed by atoms with Crippen molar-refractivity contribution < 1.29 is 18.7 Å². The van der Waals surface area contributed by atoms with E-state index < -0.39 is 17.7 Å². The van der Waals surface area contributed by atoms with Crippen LogP contribution in [0, 0.1) is 12.7 Å². The first-order valence-corrected chi connectivity index (χ1v) is 11.3. The molecule has 2 heterocycles. The first-order chi connectivity index (χ1) is 16.4. The zero-order valence-corrected chi connectivity index (χ0v) is 19.3. The van der Waals surface area contributed by atoms with Crippen LogP contribution >= 0.6 is 11.3 Å². The smallest absolute Gasteiger partial charge is 0.350 e. The van der Waals surface area contributed by atoms with Crippen molar-refractivity contribution in [2.24, 2.45) is 0 Å². The van der Waals surface area contributed by atoms with E-state index >= 15 is 0 Å². The van der Waals surface area contributed by atoms with Crippen LogP contribution in [-0.4, -0.2) is 33.0 Å². The van der Waals surface area contributed by atoms with Crippen molar-refractivity contribution >= 4 is 39.2 Å². The summed E-state index contributed by atoms with van der Waals surface area (Å²) in [6.07, 6.45) is 1.33. The maximum atomic E-state index is 13.4. The summed E-state index contributed by atoms with van der Waals surface area (Å²) in [6, 6.07) is 12.6. The molecule has 0 atom stereocenters. The van der Waals surface area contributed by atoms with Crippen LogP contribution in [0.2, 0.25) is 0 Å². The average Bonchev–Trinajstić information content (AvgIpc) is 3.22. The quantitative estimate of drug-likeness (QED) is 0.374. The van der Waals surface area contributed by atoms with Crippen molar-refractivity contribution in [2.75, 3.05) is 11.5 Å². The number of ether oxygens (including phenoxy) is 1. The number of hydrogen-bond acceptors (Lipinski definition) is 7. The Morgan fingerprint density at radius 3 is 2.62 bits per heavy atom. The number of carbonyl (C=O) groups excluding carboxylic acids is 2. The number of rotatable bonds is 7. The lowest BCUT2D eigenvalue weighted by Crippen LogP contribution is -2.36. The van der Waals surface area contributed by atoms with E-state index in [0.29, 0.717) is 27.0 Å². The molecule has 0 bridgehead atoms. The second-order valence-electron chi connectivity index (χ2n) is 7.43. The maximum Gasteiger partial charge on any atom is 0.350 e. The standard InChI is InChI=1S/C24H21FN4O4S/c1-3-33-23(32)21-15(2)27-24(34-21)29(12-16-8-10-17(25)11-9-16)20(30)13-28-14-26-19-7-5-4-6-18(19)22(28)31/h4-11,14H,3,12-13H2,1-2H3. The van der Waals surface area contributed by atoms with Crippen molar-refractivity contribution in [3.8, 4) is 0 Å². The summed E-state index contributed by atoms with van der Waals surface area (Å²) >= 11 is 1.03. The third kappa shape index (κ3) is 4.86. The molecule has 0 radical (unpaired) electrons. The predicted octanol–water partition coefficient (Wildman–Crippen LogP) is 3.71. The van der Waals surface area contributed by atoms with Gasteiger partial charge in [0.1, 0.15) is 17.2 Å². The number of nitrogens with zero attached hydrogens (tertiary/aromatic N) is 4. The molecule has 4 aromatic rings. The number of amides is 1. The molecular weight excluding hydrogens is 459 g/mol. The van der Waals surface area contributed by atoms with Gasteiger partial charge in [-0.25, -0.2) is 19.2 Å². The van der Waals surface area contributed by atoms with Crippen molar-refractivity contribution in [3.05, 3.63) is 87.2 Å². The molecule has 0 spiro atoms. The Kier molecular flexibility index (Phi) is 6.78. The van der Waals surface area contributed by atoms with Gasteiger partial charge in [0.2, 0.25) is 5.91 Å². The number of aromatic nitrogens is 3. The van der Waals surface area contributed by atoms with E-state index in [0.717, 1.165) is 11.3 Å². The van der Waals surface area contributed by atoms with Gasteiger partial charge >= 0.3 is 5.97 Å². The Hall–Kier alpha value is -3.92. The number of carbonyl (C=O) groups is 2. The van der Waals surface area contributed by atoms with Crippen LogP contribution < -0.4 is 10.5 Å². The average molecular weight is 481 g/mol. The van der Waals surface area contributed by atoms with Crippen molar-refractivity contribution in [1.82, 2.24) is 14.5 Å². The number of halogens is 1. The molecule has 2 aromatic carbocycles. The third-order valence-electron chi connectivity index (χ3n) is 5.07. The molecule has 1 amide bonds. The zero-order chi connectivity index (χ0) is 24.2. The first-order valence-electron chi connectivity index (χ1n) is 10.5. The Bertz CT molecular complexity index is 1410. The Morgan fingerprint density at radius 2 is 1.88 bits per heavy atom. The van der Waals surface area contributed by atoms with Gasteiger partial charge in [-0.3, -0.25) is 19.1 Å². The molecular formula is C24H21FN4O4S. The van der Waals surface area contributed by atoms with Crippen LogP contribution in [-0.2, 0) is 22.6 Å². The molecule has 0 aliphatic carbocycles. The topological polar surface area (TPSA) is 94.4 Å². The Morgan fingerprint density at radius 1 is 1.15 bits per heavy atom. The van der Waals surface area contributed by atoms with Crippen molar-refractivity contribution in [2.45, 2.75) is 26.9 Å². The van der Waals surface area contributed by atoms with E-state index in [9.17, 15) is 18.8 Å². The molecule has 0 saturated heterocycles. The molecule has 0 aliphatic heterocycles. The number of thiazole rings is 1. The van der Waals surface area contributed by atoms with E-state index in [1.54, 1.807) is 50.2 Å². The third-order valence-corrected chi connectivity index (χ3v) is 6.23. The highest BCUT2D eigenvalue weighted by Gasteiger charge is 2.25. The summed E-state index contributed by atoms with van der Waals surface area (Å²) in [5, 5.41) is 0.675. The van der Waals surface area contributed by atoms with Gasteiger partial charge in [-0.05, 0) is 43.7 Å². The number of esters is 1. The van der Waals surface area contributed by atoms with Gasteiger partial charge in [-0.2, -0.15) is 0 Å². The number of benzene rings is 2. The summed E-state index contributed by atoms with van der Waals surface area (Å²) in [7, 11) is 0. The lowest BCUT2D eigenvalue weighted by atomic mass is 10.2. The number of anilines is 1. The van der Waals surface area contributed by atoms with Gasteiger partial charge in [0.25, 0.3) is 5.56 Å². The van der Waals surface area contributed by atoms with E-state index in [1.165, 1.54) is 27.9 Å². The van der Waals surface area contributed by atoms with E-state index in [2.05, 4.69) is 9.97 Å². The zero-order valence-electron chi connectivity index (χ0n) is 18.5. The monoisotopic (exact) mass is 480 g/mol. The molecule has 0 N–H and O–H groups in total. The number of aryl methyl sites for hydroxylation is 1. The van der Waals surface area contributed by atoms with Gasteiger partial charge in [-0.15, -0.1) is 0 Å². The molecule has 0 unspecified atom stereocenters. The molecule has 0 aliphatic rings. The van der Waals surface area contributed by atoms with Crippen LogP contribution in [0.5, 0.6) is 0 Å². The van der Waals surface area contributed by atoms with Crippen LogP contribution in [0.25, 0.3) is 10.9 Å². The summed E-state index contributed by atoms with van der Waals surface area (Å²) < 4.78 is 19.7. The molecule has 10 heteroatoms. The highest BCUT2D eigenvalue weighted by atomic mass is 32.1. The predicted molar refractivity (Wildman–Crippen MR) is 126 cm³/mol. The molecule has 34 heavy (non-hydrogen) atoms. The van der Waals surface area contributed by atoms with E-state index in [1.807, 2.05) is 0 Å². The lowest BCUT2D eigenvalue weighted by Gasteiger charge is -2.20. The van der Waals surface area contributed by atoms with Gasteiger partial charge in [-0.1, -0.05) is 35.6 Å². The number of hydrogen-bond donors (Lipinski definition) is 0. The van der Waals surface area contributed by atoms with Crippen LogP contribution in [0.3, 0.4) is 0 Å². The molecule has 2 aromatic heterocycles. The molecule has 8 nitrogen and oxygen atoms in total. The second kappa shape index (κ2) is 9.92. The lowest BCUT2D eigenvalue weighted by molar-refractivity contribution is -0.119. The van der Waals surface area contributed by atoms with Gasteiger partial charge in [0.05, 0.1) is 36.1 Å². The summed E-state index contributed by atoms with van der Waals surface area (Å²) in [5.74, 6) is -1.36. The minimum Gasteiger partial charge on any atom is -0.462 e. The fraction of sp³-hybridized carbons (Fsp3) is 0.208. The fourth-order valence-electron chi connectivity index (χ4n) is 3.37. The maximum absolute atomic E-state index is 13.4. The number of fused-ring (bicyclic) bond motifs is 1. The van der Waals surface area contributed by atoms with E-state index in [4.69, 9.17) is 4.74 Å². The molecule has 4 rings (SSSR count). The van der Waals surface area contributed by atoms with Gasteiger partial charge in [0.15, 0.2) is 5.13 Å². The van der Waals surface area contributed by atoms with Gasteiger partial charge < -0.3 is 4.74 Å². The van der Waals surface area contributed by atoms with Crippen LogP contribution in [0.4, 0.5) is 9.52 Å². The fourth-order valence-corrected chi connectivity index (χ4v) is 4.35. The highest BCUT2D eigenvalue weighted by molar-refractivity contribution is 7.17. The summed E-state index contributed by atoms with van der Waals surface area (Å²) in [6.45, 7) is 3.36. The summed E-state index contributed by atoms with van der Waals surface area (Å²) in [4.78, 5) is 48.9. The SMILES string of the molecule is CCOC(=O)c1sc(N(Cc2ccc(F)cc2)C(=O)Cn2cnc3ccccc3c2=O)nc1C. The Balaban J connectivity index is 1.69. The highest BCUT2D eigenvalue weighted by Crippen LogP contribution is 2.28. The largest absolute Gasteiger partial charge is 0.462 e. The van der Waals surface area contributed by atoms with Crippen LogP contribution in [0.15, 0.2) is 59.7 Å². The van der Waals surface area contributed by atoms with E-state index in [-0.39, 0.29) is 30.4 Å². The Labute approximate surface area is 198 Å². The molecule has 0 saturated carbocycles.